The van der Waals surface area contributed by atoms with Crippen molar-refractivity contribution in [2.75, 3.05) is 18.0 Å². The van der Waals surface area contributed by atoms with E-state index in [0.717, 1.165) is 24.5 Å². The van der Waals surface area contributed by atoms with Crippen LogP contribution in [0.5, 0.6) is 0 Å². The Balaban J connectivity index is 1.59. The number of amides is 2. The molecule has 3 heterocycles. The minimum Gasteiger partial charge on any atom is -0.356 e. The monoisotopic (exact) mass is 259 g/mol. The van der Waals surface area contributed by atoms with Gasteiger partial charge < -0.3 is 4.90 Å². The minimum atomic E-state index is -0.141. The number of pyridine rings is 1. The molecular weight excluding hydrogens is 242 g/mol. The van der Waals surface area contributed by atoms with Gasteiger partial charge in [0, 0.05) is 37.5 Å². The van der Waals surface area contributed by atoms with Gasteiger partial charge in [0.25, 0.3) is 0 Å². The van der Waals surface area contributed by atoms with Gasteiger partial charge in [-0.15, -0.1) is 0 Å². The van der Waals surface area contributed by atoms with Crippen molar-refractivity contribution in [2.45, 2.75) is 19.8 Å². The molecule has 1 aromatic rings. The largest absolute Gasteiger partial charge is 0.356 e. The lowest BCUT2D eigenvalue weighted by Crippen LogP contribution is -2.55. The van der Waals surface area contributed by atoms with Crippen molar-refractivity contribution in [3.8, 4) is 0 Å². The smallest absolute Gasteiger partial charge is 0.230 e. The highest BCUT2D eigenvalue weighted by Gasteiger charge is 2.40. The molecule has 0 spiro atoms. The number of aromatic nitrogens is 1. The number of imide groups is 1. The number of hydrogen-bond donors (Lipinski definition) is 1. The van der Waals surface area contributed by atoms with Crippen LogP contribution in [0, 0.1) is 18.8 Å². The number of nitrogens with zero attached hydrogens (tertiary/aromatic N) is 2. The Hall–Kier alpha value is -1.91. The van der Waals surface area contributed by atoms with Gasteiger partial charge in [0.2, 0.25) is 11.8 Å². The summed E-state index contributed by atoms with van der Waals surface area (Å²) in [5.41, 5.74) is 1.14. The van der Waals surface area contributed by atoms with Gasteiger partial charge in [0.15, 0.2) is 0 Å². The van der Waals surface area contributed by atoms with Crippen LogP contribution in [0.3, 0.4) is 0 Å². The molecule has 1 aromatic heterocycles. The van der Waals surface area contributed by atoms with Crippen LogP contribution < -0.4 is 10.2 Å². The molecule has 19 heavy (non-hydrogen) atoms. The summed E-state index contributed by atoms with van der Waals surface area (Å²) in [5.74, 6) is 1.06. The van der Waals surface area contributed by atoms with Gasteiger partial charge in [-0.25, -0.2) is 4.98 Å². The van der Waals surface area contributed by atoms with Gasteiger partial charge in [0.05, 0.1) is 0 Å². The van der Waals surface area contributed by atoms with Crippen molar-refractivity contribution in [1.29, 1.82) is 0 Å². The Bertz CT molecular complexity index is 506. The van der Waals surface area contributed by atoms with Gasteiger partial charge in [-0.2, -0.15) is 0 Å². The Kier molecular flexibility index (Phi) is 2.97. The standard InChI is InChI=1S/C14H17N3O2/c1-9-2-4-12(15-6-9)17-7-10(8-17)11-3-5-13(18)16-14(11)19/h2,4,6,10-11H,3,5,7-8H2,1H3,(H,16,18,19). The summed E-state index contributed by atoms with van der Waals surface area (Å²) in [6.45, 7) is 3.71. The summed E-state index contributed by atoms with van der Waals surface area (Å²) < 4.78 is 0. The summed E-state index contributed by atoms with van der Waals surface area (Å²) in [5, 5.41) is 2.43. The minimum absolute atomic E-state index is 0.0144. The maximum Gasteiger partial charge on any atom is 0.230 e. The third-order valence-electron chi connectivity index (χ3n) is 3.98. The normalized spacial score (nSPS) is 24.1. The van der Waals surface area contributed by atoms with Crippen LogP contribution in [0.4, 0.5) is 5.82 Å². The number of aryl methyl sites for hydroxylation is 1. The van der Waals surface area contributed by atoms with Crippen LogP contribution in [-0.2, 0) is 9.59 Å². The van der Waals surface area contributed by atoms with E-state index >= 15 is 0 Å². The maximum absolute atomic E-state index is 11.8. The molecule has 5 nitrogen and oxygen atoms in total. The van der Waals surface area contributed by atoms with E-state index in [-0.39, 0.29) is 17.7 Å². The highest BCUT2D eigenvalue weighted by atomic mass is 16.2. The summed E-state index contributed by atoms with van der Waals surface area (Å²) >= 11 is 0. The zero-order valence-corrected chi connectivity index (χ0v) is 10.9. The van der Waals surface area contributed by atoms with Crippen LogP contribution in [0.25, 0.3) is 0 Å². The van der Waals surface area contributed by atoms with E-state index in [9.17, 15) is 9.59 Å². The fourth-order valence-corrected chi connectivity index (χ4v) is 2.76. The van der Waals surface area contributed by atoms with E-state index in [0.29, 0.717) is 18.8 Å². The summed E-state index contributed by atoms with van der Waals surface area (Å²) in [6.07, 6.45) is 3.01. The molecule has 0 saturated carbocycles. The second-order valence-electron chi connectivity index (χ2n) is 5.42. The van der Waals surface area contributed by atoms with Gasteiger partial charge in [-0.05, 0) is 25.0 Å². The maximum atomic E-state index is 11.8. The number of hydrogen-bond acceptors (Lipinski definition) is 4. The van der Waals surface area contributed by atoms with Gasteiger partial charge in [-0.1, -0.05) is 6.07 Å². The van der Waals surface area contributed by atoms with Crippen LogP contribution in [-0.4, -0.2) is 29.9 Å². The van der Waals surface area contributed by atoms with E-state index in [2.05, 4.69) is 15.2 Å². The van der Waals surface area contributed by atoms with Crippen molar-refractivity contribution < 1.29 is 9.59 Å². The second-order valence-corrected chi connectivity index (χ2v) is 5.42. The molecule has 100 valence electrons. The first-order valence-electron chi connectivity index (χ1n) is 6.65. The van der Waals surface area contributed by atoms with Gasteiger partial charge >= 0.3 is 0 Å². The number of carbonyl (C=O) groups is 2. The molecule has 0 aromatic carbocycles. The third kappa shape index (κ3) is 2.32. The van der Waals surface area contributed by atoms with E-state index in [4.69, 9.17) is 0 Å². The molecular formula is C14H17N3O2. The number of anilines is 1. The van der Waals surface area contributed by atoms with E-state index in [1.807, 2.05) is 25.3 Å². The van der Waals surface area contributed by atoms with Crippen molar-refractivity contribution in [2.24, 2.45) is 11.8 Å². The molecule has 1 N–H and O–H groups in total. The van der Waals surface area contributed by atoms with Crippen molar-refractivity contribution in [3.63, 3.8) is 0 Å². The quantitative estimate of drug-likeness (QED) is 0.801. The first-order valence-corrected chi connectivity index (χ1v) is 6.65. The zero-order valence-electron chi connectivity index (χ0n) is 10.9. The average molecular weight is 259 g/mol. The fourth-order valence-electron chi connectivity index (χ4n) is 2.76. The highest BCUT2D eigenvalue weighted by Crippen LogP contribution is 2.32. The average Bonchev–Trinajstić information content (AvgIpc) is 2.32. The number of piperidine rings is 1. The van der Waals surface area contributed by atoms with E-state index in [1.165, 1.54) is 0 Å². The second kappa shape index (κ2) is 4.64. The van der Waals surface area contributed by atoms with E-state index < -0.39 is 0 Å². The fraction of sp³-hybridized carbons (Fsp3) is 0.500. The summed E-state index contributed by atoms with van der Waals surface area (Å²) in [4.78, 5) is 29.4. The third-order valence-corrected chi connectivity index (χ3v) is 3.98. The van der Waals surface area contributed by atoms with Crippen molar-refractivity contribution >= 4 is 17.6 Å². The van der Waals surface area contributed by atoms with Gasteiger partial charge in [0.1, 0.15) is 5.82 Å². The SMILES string of the molecule is Cc1ccc(N2CC(C3CCC(=O)NC3=O)C2)nc1. The predicted molar refractivity (Wildman–Crippen MR) is 70.6 cm³/mol. The first kappa shape index (κ1) is 12.1. The number of carbonyl (C=O) groups excluding carboxylic acids is 2. The first-order chi connectivity index (χ1) is 9.13. The van der Waals surface area contributed by atoms with Crippen LogP contribution in [0.15, 0.2) is 18.3 Å². The molecule has 2 aliphatic rings. The van der Waals surface area contributed by atoms with Crippen LogP contribution in [0.2, 0.25) is 0 Å². The Morgan fingerprint density at radius 2 is 2.11 bits per heavy atom. The molecule has 2 fully saturated rings. The molecule has 0 aliphatic carbocycles. The van der Waals surface area contributed by atoms with Crippen LogP contribution >= 0.6 is 0 Å². The number of rotatable bonds is 2. The Morgan fingerprint density at radius 3 is 2.74 bits per heavy atom. The van der Waals surface area contributed by atoms with Gasteiger partial charge in [-0.3, -0.25) is 14.9 Å². The predicted octanol–water partition coefficient (Wildman–Crippen LogP) is 0.879. The van der Waals surface area contributed by atoms with Crippen molar-refractivity contribution in [3.05, 3.63) is 23.9 Å². The molecule has 0 bridgehead atoms. The highest BCUT2D eigenvalue weighted by molar-refractivity contribution is 5.98. The lowest BCUT2D eigenvalue weighted by atomic mass is 9.80. The molecule has 2 saturated heterocycles. The molecule has 1 unspecified atom stereocenters. The molecule has 2 aliphatic heterocycles. The lowest BCUT2D eigenvalue weighted by molar-refractivity contribution is -0.138. The molecule has 0 radical (unpaired) electrons. The lowest BCUT2D eigenvalue weighted by Gasteiger charge is -2.44. The summed E-state index contributed by atoms with van der Waals surface area (Å²) in [7, 11) is 0. The zero-order chi connectivity index (χ0) is 13.4. The molecule has 1 atom stereocenters. The molecule has 3 rings (SSSR count). The topological polar surface area (TPSA) is 62.3 Å². The summed E-state index contributed by atoms with van der Waals surface area (Å²) in [6, 6.07) is 4.05. The van der Waals surface area contributed by atoms with E-state index in [1.54, 1.807) is 0 Å². The van der Waals surface area contributed by atoms with Crippen LogP contribution in [0.1, 0.15) is 18.4 Å². The Morgan fingerprint density at radius 1 is 1.32 bits per heavy atom. The molecule has 5 heteroatoms. The van der Waals surface area contributed by atoms with Crippen molar-refractivity contribution in [1.82, 2.24) is 10.3 Å². The molecule has 2 amide bonds. The number of nitrogens with one attached hydrogen (secondary N) is 1. The Labute approximate surface area is 112 Å².